The average molecular weight is 294 g/mol. The van der Waals surface area contributed by atoms with Gasteiger partial charge in [0.25, 0.3) is 10.1 Å². The highest BCUT2D eigenvalue weighted by atomic mass is 32.2. The molecule has 0 radical (unpaired) electrons. The van der Waals surface area contributed by atoms with Crippen LogP contribution < -0.4 is 0 Å². The lowest BCUT2D eigenvalue weighted by Gasteiger charge is -2.11. The Morgan fingerprint density at radius 3 is 2.70 bits per heavy atom. The zero-order valence-electron chi connectivity index (χ0n) is 11.7. The van der Waals surface area contributed by atoms with Crippen LogP contribution in [0.4, 0.5) is 0 Å². The largest absolute Gasteiger partial charge is 0.287 e. The van der Waals surface area contributed by atoms with Gasteiger partial charge in [0.2, 0.25) is 0 Å². The Labute approximate surface area is 121 Å². The van der Waals surface area contributed by atoms with Crippen molar-refractivity contribution in [1.29, 1.82) is 0 Å². The summed E-state index contributed by atoms with van der Waals surface area (Å²) < 4.78 is 29.6. The molecule has 1 fully saturated rings. The van der Waals surface area contributed by atoms with Crippen molar-refractivity contribution >= 4 is 10.1 Å². The molecule has 0 unspecified atom stereocenters. The molecular formula is C16H22O3S. The van der Waals surface area contributed by atoms with Crippen LogP contribution in [0.2, 0.25) is 0 Å². The molecule has 110 valence electrons. The number of benzene rings is 1. The molecule has 1 N–H and O–H groups in total. The van der Waals surface area contributed by atoms with Gasteiger partial charge in [0.1, 0.15) is 0 Å². The molecule has 0 aliphatic heterocycles. The summed E-state index contributed by atoms with van der Waals surface area (Å²) in [6.07, 6.45) is 9.30. The van der Waals surface area contributed by atoms with Gasteiger partial charge in [-0.05, 0) is 49.1 Å². The topological polar surface area (TPSA) is 54.4 Å². The van der Waals surface area contributed by atoms with Gasteiger partial charge in [0.15, 0.2) is 0 Å². The summed E-state index contributed by atoms with van der Waals surface area (Å²) in [6.45, 7) is 0. The van der Waals surface area contributed by atoms with Gasteiger partial charge >= 0.3 is 0 Å². The molecule has 0 heterocycles. The van der Waals surface area contributed by atoms with E-state index in [0.29, 0.717) is 6.42 Å². The van der Waals surface area contributed by atoms with E-state index in [1.54, 1.807) is 0 Å². The predicted octanol–water partition coefficient (Wildman–Crippen LogP) is 4.07. The van der Waals surface area contributed by atoms with Gasteiger partial charge < -0.3 is 0 Å². The van der Waals surface area contributed by atoms with Crippen molar-refractivity contribution in [2.75, 3.05) is 0 Å². The van der Waals surface area contributed by atoms with E-state index in [9.17, 15) is 8.42 Å². The van der Waals surface area contributed by atoms with E-state index >= 15 is 0 Å². The van der Waals surface area contributed by atoms with Gasteiger partial charge in [-0.25, -0.2) is 0 Å². The van der Waals surface area contributed by atoms with Crippen LogP contribution in [0.5, 0.6) is 0 Å². The lowest BCUT2D eigenvalue weighted by atomic mass is 9.95. The lowest BCUT2D eigenvalue weighted by molar-refractivity contribution is 0.494. The number of allylic oxidation sites excluding steroid dienone is 1. The Morgan fingerprint density at radius 2 is 2.00 bits per heavy atom. The zero-order valence-corrected chi connectivity index (χ0v) is 12.5. The third-order valence-corrected chi connectivity index (χ3v) is 4.42. The minimum atomic E-state index is -3.97. The Kier molecular flexibility index (Phi) is 5.38. The van der Waals surface area contributed by atoms with Gasteiger partial charge in [-0.3, -0.25) is 4.55 Å². The first kappa shape index (κ1) is 15.3. The molecule has 0 saturated heterocycles. The van der Waals surface area contributed by atoms with Crippen LogP contribution in [0.25, 0.3) is 0 Å². The number of unbranched alkanes of at least 4 members (excludes halogenated alkanes) is 1. The molecular weight excluding hydrogens is 272 g/mol. The van der Waals surface area contributed by atoms with Crippen molar-refractivity contribution in [2.45, 2.75) is 50.9 Å². The normalized spacial score (nSPS) is 17.1. The molecule has 1 aromatic carbocycles. The van der Waals surface area contributed by atoms with Crippen molar-refractivity contribution in [2.24, 2.45) is 0 Å². The third kappa shape index (κ3) is 5.10. The molecule has 3 nitrogen and oxygen atoms in total. The second kappa shape index (κ2) is 7.04. The standard InChI is InChI=1S/C16H22O3S/c17-20(18,19)12-5-1-2-7-14-8-6-11-16(13-14)15-9-3-4-10-15/h5-6,8,11-13,15H,1-4,7,9-10H2,(H,17,18,19). The van der Waals surface area contributed by atoms with E-state index in [4.69, 9.17) is 4.55 Å². The van der Waals surface area contributed by atoms with Crippen LogP contribution in [0.1, 0.15) is 55.6 Å². The van der Waals surface area contributed by atoms with Gasteiger partial charge in [-0.15, -0.1) is 0 Å². The number of hydrogen-bond donors (Lipinski definition) is 1. The Morgan fingerprint density at radius 1 is 1.25 bits per heavy atom. The van der Waals surface area contributed by atoms with Crippen LogP contribution in [0.15, 0.2) is 35.7 Å². The first-order valence-corrected chi connectivity index (χ1v) is 8.78. The zero-order chi connectivity index (χ0) is 14.4. The van der Waals surface area contributed by atoms with Gasteiger partial charge in [-0.1, -0.05) is 43.2 Å². The molecule has 1 aliphatic carbocycles. The maximum absolute atomic E-state index is 10.5. The summed E-state index contributed by atoms with van der Waals surface area (Å²) in [5.41, 5.74) is 2.77. The van der Waals surface area contributed by atoms with Crippen LogP contribution in [0, 0.1) is 0 Å². The summed E-state index contributed by atoms with van der Waals surface area (Å²) >= 11 is 0. The van der Waals surface area contributed by atoms with Crippen LogP contribution in [0.3, 0.4) is 0 Å². The molecule has 0 atom stereocenters. The molecule has 20 heavy (non-hydrogen) atoms. The SMILES string of the molecule is O=S(=O)(O)C=CCCCc1cccc(C2CCCC2)c1. The Balaban J connectivity index is 1.84. The van der Waals surface area contributed by atoms with Gasteiger partial charge in [0, 0.05) is 0 Å². The molecule has 1 saturated carbocycles. The Bertz CT molecular complexity index is 555. The lowest BCUT2D eigenvalue weighted by Crippen LogP contribution is -1.94. The average Bonchev–Trinajstić information content (AvgIpc) is 2.91. The van der Waals surface area contributed by atoms with Crippen molar-refractivity contribution in [3.8, 4) is 0 Å². The third-order valence-electron chi connectivity index (χ3n) is 3.88. The molecule has 1 aromatic rings. The number of aryl methyl sites for hydroxylation is 1. The number of rotatable bonds is 6. The monoisotopic (exact) mass is 294 g/mol. The molecule has 2 rings (SSSR count). The minimum Gasteiger partial charge on any atom is -0.282 e. The van der Waals surface area contributed by atoms with E-state index in [1.165, 1.54) is 42.9 Å². The Hall–Kier alpha value is -1.13. The van der Waals surface area contributed by atoms with Gasteiger partial charge in [0.05, 0.1) is 5.41 Å². The second-order valence-corrected chi connectivity index (χ2v) is 6.81. The maximum Gasteiger partial charge on any atom is 0.287 e. The molecule has 0 bridgehead atoms. The smallest absolute Gasteiger partial charge is 0.282 e. The fourth-order valence-electron chi connectivity index (χ4n) is 2.88. The van der Waals surface area contributed by atoms with Crippen LogP contribution in [-0.2, 0) is 16.5 Å². The predicted molar refractivity (Wildman–Crippen MR) is 81.3 cm³/mol. The second-order valence-electron chi connectivity index (χ2n) is 5.51. The first-order chi connectivity index (χ1) is 9.54. The highest BCUT2D eigenvalue weighted by Gasteiger charge is 2.16. The summed E-state index contributed by atoms with van der Waals surface area (Å²) in [7, 11) is -3.97. The van der Waals surface area contributed by atoms with Crippen molar-refractivity contribution in [1.82, 2.24) is 0 Å². The van der Waals surface area contributed by atoms with Crippen molar-refractivity contribution in [3.63, 3.8) is 0 Å². The molecule has 0 aromatic heterocycles. The highest BCUT2D eigenvalue weighted by molar-refractivity contribution is 7.88. The fourth-order valence-corrected chi connectivity index (χ4v) is 3.25. The molecule has 0 amide bonds. The van der Waals surface area contributed by atoms with Crippen molar-refractivity contribution in [3.05, 3.63) is 46.9 Å². The summed E-state index contributed by atoms with van der Waals surface area (Å²) in [6, 6.07) is 8.77. The van der Waals surface area contributed by atoms with Gasteiger partial charge in [-0.2, -0.15) is 8.42 Å². The first-order valence-electron chi connectivity index (χ1n) is 7.27. The number of hydrogen-bond acceptors (Lipinski definition) is 2. The van der Waals surface area contributed by atoms with Crippen molar-refractivity contribution < 1.29 is 13.0 Å². The van der Waals surface area contributed by atoms with E-state index in [-0.39, 0.29) is 0 Å². The van der Waals surface area contributed by atoms with E-state index in [2.05, 4.69) is 24.3 Å². The molecule has 4 heteroatoms. The highest BCUT2D eigenvalue weighted by Crippen LogP contribution is 2.34. The quantitative estimate of drug-likeness (QED) is 0.635. The molecule has 1 aliphatic rings. The fraction of sp³-hybridized carbons (Fsp3) is 0.500. The maximum atomic E-state index is 10.5. The van der Waals surface area contributed by atoms with E-state index in [0.717, 1.165) is 24.2 Å². The summed E-state index contributed by atoms with van der Waals surface area (Å²) in [5.74, 6) is 0.731. The van der Waals surface area contributed by atoms with Crippen LogP contribution in [-0.4, -0.2) is 13.0 Å². The minimum absolute atomic E-state index is 0.660. The molecule has 0 spiro atoms. The van der Waals surface area contributed by atoms with Crippen LogP contribution >= 0.6 is 0 Å². The van der Waals surface area contributed by atoms with E-state index < -0.39 is 10.1 Å². The van der Waals surface area contributed by atoms with E-state index in [1.807, 2.05) is 0 Å². The summed E-state index contributed by atoms with van der Waals surface area (Å²) in [4.78, 5) is 0. The summed E-state index contributed by atoms with van der Waals surface area (Å²) in [5, 5.41) is 0.863.